The molecule has 5 fully saturated rings. The van der Waals surface area contributed by atoms with E-state index in [1.165, 1.54) is 42.0 Å². The molecule has 19 heteroatoms. The van der Waals surface area contributed by atoms with E-state index in [0.717, 1.165) is 206 Å². The van der Waals surface area contributed by atoms with Crippen molar-refractivity contribution < 1.29 is 87.5 Å². The largest absolute Gasteiger partial charge is 0.416 e. The Hall–Kier alpha value is -11.7. The molecule has 5 aliphatic rings. The summed E-state index contributed by atoms with van der Waals surface area (Å²) in [5, 5.41) is 0. The molecule has 5 saturated carbocycles. The van der Waals surface area contributed by atoms with E-state index in [-0.39, 0.29) is 120 Å². The molecule has 716 valence electrons. The van der Waals surface area contributed by atoms with E-state index in [2.05, 4.69) is 58.9 Å². The minimum absolute atomic E-state index is 0.0235. The lowest BCUT2D eigenvalue weighted by Gasteiger charge is -2.19. The SMILES string of the molecule is CCc1cc(C)cc(CC)c1C1C(=O)CC(Cc2ccc(C(F)(F)F)cc2)C1=O.CCc1cc(C)cc(CC)c1C1C(=O)CC(Cc2ccc(F)cc2F)C1=O.CCc1cc(C)cc(CC)c1C1C(=O)CC(Cc2cccc(C(F)(F)F)c2)C1=O.CCc1cc(C)cc(CC)c1C1C(=O)CC(Cc2ccccc2)C1=O.CCc1cc(C)cc(CC)c1C1C(=O)CC(Cc2ccccc2F)C1=O. The highest BCUT2D eigenvalue weighted by molar-refractivity contribution is 6.18. The van der Waals surface area contributed by atoms with Crippen LogP contribution in [-0.2, 0) is 157 Å². The Morgan fingerprint density at radius 1 is 0.235 bits per heavy atom. The number of hydrogen-bond donors (Lipinski definition) is 0. The third kappa shape index (κ3) is 24.3. The maximum absolute atomic E-state index is 14.0. The zero-order valence-electron chi connectivity index (χ0n) is 80.7. The van der Waals surface area contributed by atoms with E-state index in [1.54, 1.807) is 24.3 Å². The summed E-state index contributed by atoms with van der Waals surface area (Å²) in [6.45, 7) is 30.5. The van der Waals surface area contributed by atoms with Gasteiger partial charge in [0.1, 0.15) is 76.0 Å². The van der Waals surface area contributed by atoms with Gasteiger partial charge in [-0.15, -0.1) is 0 Å². The average molecular weight is 1860 g/mol. The lowest BCUT2D eigenvalue weighted by Crippen LogP contribution is -2.20. The molecule has 10 aromatic rings. The summed E-state index contributed by atoms with van der Waals surface area (Å²) in [6.07, 6.45) is 1.33. The third-order valence-electron chi connectivity index (χ3n) is 27.7. The van der Waals surface area contributed by atoms with E-state index in [4.69, 9.17) is 0 Å². The van der Waals surface area contributed by atoms with E-state index < -0.39 is 88.4 Å². The predicted molar refractivity (Wildman–Crippen MR) is 515 cm³/mol. The van der Waals surface area contributed by atoms with Crippen LogP contribution in [0.5, 0.6) is 0 Å². The normalized spacial score (nSPS) is 19.9. The van der Waals surface area contributed by atoms with E-state index in [9.17, 15) is 87.5 Å². The van der Waals surface area contributed by atoms with Crippen LogP contribution in [0, 0.1) is 81.7 Å². The van der Waals surface area contributed by atoms with Crippen molar-refractivity contribution in [3.63, 3.8) is 0 Å². The van der Waals surface area contributed by atoms with Gasteiger partial charge in [-0.3, -0.25) is 47.9 Å². The second kappa shape index (κ2) is 45.9. The highest BCUT2D eigenvalue weighted by Crippen LogP contribution is 2.46. The zero-order valence-corrected chi connectivity index (χ0v) is 80.7. The fraction of sp³-hybridized carbons (Fsp3) is 0.402. The number of alkyl halides is 6. The fourth-order valence-electron chi connectivity index (χ4n) is 21.3. The van der Waals surface area contributed by atoms with Crippen molar-refractivity contribution >= 4 is 57.8 Å². The highest BCUT2D eigenvalue weighted by Gasteiger charge is 2.49. The Kier molecular flexibility index (Phi) is 35.4. The first-order valence-electron chi connectivity index (χ1n) is 48.1. The minimum Gasteiger partial charge on any atom is -0.298 e. The Morgan fingerprint density at radius 2 is 0.485 bits per heavy atom. The third-order valence-corrected chi connectivity index (χ3v) is 27.7. The molecule has 10 atom stereocenters. The van der Waals surface area contributed by atoms with Gasteiger partial charge in [0.2, 0.25) is 0 Å². The molecule has 0 aromatic heterocycles. The molecule has 5 aliphatic carbocycles. The monoisotopic (exact) mass is 1860 g/mol. The van der Waals surface area contributed by atoms with Gasteiger partial charge in [0.05, 0.1) is 11.1 Å². The standard InChI is InChI=1S/2C24H25F3O2.C23H24F2O2.C23H25FO2.C23H26O2/c1-4-16-10-14(3)11-17(5-2)21(16)22-20(28)13-18(23(22)29)12-15-6-8-19(9-7-15)24(25,26)27;1-4-16-9-14(3)10-17(5-2)21(16)22-20(28)13-18(23(22)29)11-15-7-6-8-19(12-15)24(25,26)27;1-4-14-8-13(3)9-15(5-2)21(14)22-20(26)11-17(23(22)27)10-16-6-7-18(24)12-19(16)25;1-4-15-10-14(3)11-16(5-2)21(15)22-20(25)13-18(23(22)26)12-17-8-6-7-9-19(17)24;1-4-17-11-15(3)12-18(5-2)21(17)22-20(24)14-19(23(22)25)13-16-9-7-6-8-10-16/h6-11,18,22H,4-5,12-13H2,1-3H3;6-10,12,18,22H,4-5,11,13H2,1-3H3;6-9,12,17,22H,4-5,10-11H2,1-3H3;6-11,18,22H,4-5,12-13H2,1-3H3;6-12,19,22H,4-5,13-14H2,1-3H3. The van der Waals surface area contributed by atoms with E-state index >= 15 is 0 Å². The second-order valence-electron chi connectivity index (χ2n) is 37.3. The van der Waals surface area contributed by atoms with E-state index in [1.807, 2.05) is 136 Å². The van der Waals surface area contributed by atoms with Crippen LogP contribution < -0.4 is 0 Å². The van der Waals surface area contributed by atoms with Crippen LogP contribution >= 0.6 is 0 Å². The maximum atomic E-state index is 14.0. The zero-order chi connectivity index (χ0) is 99.2. The molecule has 0 amide bonds. The number of ketones is 10. The van der Waals surface area contributed by atoms with Gasteiger partial charge >= 0.3 is 12.4 Å². The number of carbonyl (C=O) groups excluding carboxylic acids is 10. The number of aryl methyl sites for hydroxylation is 15. The van der Waals surface area contributed by atoms with Crippen molar-refractivity contribution in [2.24, 2.45) is 29.6 Å². The summed E-state index contributed by atoms with van der Waals surface area (Å²) in [6, 6.07) is 50.4. The van der Waals surface area contributed by atoms with Crippen molar-refractivity contribution in [1.29, 1.82) is 0 Å². The fourth-order valence-corrected chi connectivity index (χ4v) is 21.3. The van der Waals surface area contributed by atoms with Crippen molar-refractivity contribution in [1.82, 2.24) is 0 Å². The second-order valence-corrected chi connectivity index (χ2v) is 37.3. The quantitative estimate of drug-likeness (QED) is 0.0396. The summed E-state index contributed by atoms with van der Waals surface area (Å²) in [7, 11) is 0. The molecule has 136 heavy (non-hydrogen) atoms. The predicted octanol–water partition coefficient (Wildman–Crippen LogP) is 25.5. The first kappa shape index (κ1) is 105. The molecule has 0 aliphatic heterocycles. The van der Waals surface area contributed by atoms with Crippen molar-refractivity contribution in [2.45, 2.75) is 274 Å². The van der Waals surface area contributed by atoms with Crippen molar-refractivity contribution in [2.75, 3.05) is 0 Å². The molecular formula is C117H125F9O10. The van der Waals surface area contributed by atoms with Crippen LogP contribution in [0.25, 0.3) is 0 Å². The molecule has 0 saturated heterocycles. The maximum Gasteiger partial charge on any atom is 0.416 e. The number of carbonyl (C=O) groups is 10. The lowest BCUT2D eigenvalue weighted by molar-refractivity contribution is -0.138. The molecule has 10 unspecified atom stereocenters. The molecule has 10 nitrogen and oxygen atoms in total. The highest BCUT2D eigenvalue weighted by atomic mass is 19.4. The number of halogens is 9. The van der Waals surface area contributed by atoms with Crippen LogP contribution in [0.1, 0.15) is 281 Å². The van der Waals surface area contributed by atoms with Gasteiger partial charge in [-0.25, -0.2) is 13.2 Å². The Bertz CT molecular complexity index is 6010. The molecule has 0 radical (unpaired) electrons. The van der Waals surface area contributed by atoms with Crippen LogP contribution in [0.4, 0.5) is 39.5 Å². The van der Waals surface area contributed by atoms with Gasteiger partial charge in [-0.05, 0) is 273 Å². The molecular weight excluding hydrogens is 1740 g/mol. The van der Waals surface area contributed by atoms with Crippen LogP contribution in [0.3, 0.4) is 0 Å². The number of benzene rings is 10. The Labute approximate surface area is 794 Å². The van der Waals surface area contributed by atoms with Crippen LogP contribution in [0.15, 0.2) is 182 Å². The summed E-state index contributed by atoms with van der Waals surface area (Å²) in [5.74, 6) is -7.99. The van der Waals surface area contributed by atoms with Gasteiger partial charge < -0.3 is 0 Å². The topological polar surface area (TPSA) is 171 Å². The van der Waals surface area contributed by atoms with Crippen LogP contribution in [-0.4, -0.2) is 57.8 Å². The molecule has 15 rings (SSSR count). The lowest BCUT2D eigenvalue weighted by atomic mass is 9.83. The molecule has 0 bridgehead atoms. The first-order valence-corrected chi connectivity index (χ1v) is 48.1. The smallest absolute Gasteiger partial charge is 0.298 e. The average Bonchev–Trinajstić information content (AvgIpc) is 1.63. The van der Waals surface area contributed by atoms with Gasteiger partial charge in [-0.2, -0.15) is 26.3 Å². The van der Waals surface area contributed by atoms with Crippen LogP contribution in [0.2, 0.25) is 0 Å². The number of hydrogen-bond acceptors (Lipinski definition) is 10. The van der Waals surface area contributed by atoms with Gasteiger partial charge in [0.25, 0.3) is 0 Å². The molecule has 0 N–H and O–H groups in total. The number of Topliss-reactive ketones (excluding diaryl/α,β-unsaturated/α-hetero) is 10. The molecule has 0 heterocycles. The Morgan fingerprint density at radius 3 is 0.757 bits per heavy atom. The summed E-state index contributed by atoms with van der Waals surface area (Å²) in [4.78, 5) is 130. The molecule has 10 aromatic carbocycles. The van der Waals surface area contributed by atoms with Gasteiger partial charge in [-0.1, -0.05) is 243 Å². The van der Waals surface area contributed by atoms with Crippen molar-refractivity contribution in [3.8, 4) is 0 Å². The number of rotatable bonds is 25. The van der Waals surface area contributed by atoms with Gasteiger partial charge in [0, 0.05) is 67.8 Å². The van der Waals surface area contributed by atoms with Crippen molar-refractivity contribution in [3.05, 3.63) is 350 Å². The van der Waals surface area contributed by atoms with Gasteiger partial charge in [0.15, 0.2) is 28.9 Å². The minimum atomic E-state index is -4.43. The summed E-state index contributed by atoms with van der Waals surface area (Å²) < 4.78 is 118. The van der Waals surface area contributed by atoms with E-state index in [0.29, 0.717) is 36.0 Å². The Balaban J connectivity index is 0.000000163. The first-order chi connectivity index (χ1) is 64.7. The molecule has 0 spiro atoms. The summed E-state index contributed by atoms with van der Waals surface area (Å²) in [5.41, 5.74) is 22.3. The summed E-state index contributed by atoms with van der Waals surface area (Å²) >= 11 is 0.